The van der Waals surface area contributed by atoms with Gasteiger partial charge in [0.1, 0.15) is 35.0 Å². The summed E-state index contributed by atoms with van der Waals surface area (Å²) >= 11 is 9.08. The molecule has 13 heteroatoms. The van der Waals surface area contributed by atoms with Crippen LogP contribution < -0.4 is 10.6 Å². The molecule has 2 aliphatic heterocycles. The number of hydrogen-bond acceptors (Lipinski definition) is 10. The van der Waals surface area contributed by atoms with Crippen molar-refractivity contribution in [1.29, 1.82) is 0 Å². The van der Waals surface area contributed by atoms with Gasteiger partial charge in [-0.25, -0.2) is 9.78 Å². The normalized spacial score (nSPS) is 16.3. The second kappa shape index (κ2) is 18.8. The molecule has 0 bridgehead atoms. The van der Waals surface area contributed by atoms with Crippen molar-refractivity contribution in [2.45, 2.75) is 23.1 Å². The topological polar surface area (TPSA) is 122 Å². The molecule has 2 atom stereocenters. The SMILES string of the molecule is C=CCO/N=C(/C(=O)NC1C(=O)N2C(C(=O)OC(c3ccccc3)c3ccccc3)=C(CCl)CS[C@H]12)c1csc(NC(c2ccccc2)(c2ccccc2)c2ccccc2)n1. The Morgan fingerprint density at radius 2 is 1.38 bits per heavy atom. The number of aromatic nitrogens is 1. The van der Waals surface area contributed by atoms with Gasteiger partial charge in [-0.3, -0.25) is 14.5 Å². The molecule has 61 heavy (non-hydrogen) atoms. The molecule has 306 valence electrons. The molecule has 0 radical (unpaired) electrons. The molecule has 1 fully saturated rings. The van der Waals surface area contributed by atoms with Gasteiger partial charge in [-0.15, -0.1) is 34.7 Å². The van der Waals surface area contributed by atoms with Crippen molar-refractivity contribution in [3.63, 3.8) is 0 Å². The summed E-state index contributed by atoms with van der Waals surface area (Å²) in [6.07, 6.45) is 0.776. The molecule has 0 saturated carbocycles. The molecule has 6 aromatic rings. The fourth-order valence-electron chi connectivity index (χ4n) is 7.47. The van der Waals surface area contributed by atoms with Gasteiger partial charge in [0.05, 0.1) is 0 Å². The van der Waals surface area contributed by atoms with Crippen LogP contribution in [-0.4, -0.2) is 63.0 Å². The summed E-state index contributed by atoms with van der Waals surface area (Å²) in [5, 5.41) is 12.4. The van der Waals surface area contributed by atoms with Crippen LogP contribution in [0.15, 0.2) is 186 Å². The van der Waals surface area contributed by atoms with Gasteiger partial charge in [-0.1, -0.05) is 169 Å². The molecule has 10 nitrogen and oxygen atoms in total. The van der Waals surface area contributed by atoms with Crippen LogP contribution in [0.5, 0.6) is 0 Å². The van der Waals surface area contributed by atoms with E-state index in [4.69, 9.17) is 26.2 Å². The number of nitrogens with zero attached hydrogens (tertiary/aromatic N) is 3. The lowest BCUT2D eigenvalue weighted by molar-refractivity contribution is -0.154. The number of halogens is 1. The number of thioether (sulfide) groups is 1. The van der Waals surface area contributed by atoms with E-state index in [1.165, 1.54) is 34.1 Å². The highest BCUT2D eigenvalue weighted by Gasteiger charge is 2.55. The summed E-state index contributed by atoms with van der Waals surface area (Å²) in [5.41, 5.74) is 4.37. The average Bonchev–Trinajstić information content (AvgIpc) is 3.79. The smallest absolute Gasteiger partial charge is 0.356 e. The summed E-state index contributed by atoms with van der Waals surface area (Å²) in [7, 11) is 0. The van der Waals surface area contributed by atoms with E-state index in [2.05, 4.69) is 58.8 Å². The van der Waals surface area contributed by atoms with Crippen LogP contribution in [0.2, 0.25) is 0 Å². The predicted octanol–water partition coefficient (Wildman–Crippen LogP) is 8.68. The first-order chi connectivity index (χ1) is 29.9. The lowest BCUT2D eigenvalue weighted by atomic mass is 9.77. The Hall–Kier alpha value is -6.47. The third kappa shape index (κ3) is 8.47. The van der Waals surface area contributed by atoms with Crippen molar-refractivity contribution in [2.24, 2.45) is 5.16 Å². The van der Waals surface area contributed by atoms with Gasteiger partial charge >= 0.3 is 5.97 Å². The first kappa shape index (κ1) is 41.3. The molecule has 1 saturated heterocycles. The average molecular weight is 866 g/mol. The largest absolute Gasteiger partial charge is 0.448 e. The minimum Gasteiger partial charge on any atom is -0.448 e. The van der Waals surface area contributed by atoms with E-state index in [1.54, 1.807) is 5.38 Å². The fourth-order valence-corrected chi connectivity index (χ4v) is 9.90. The molecule has 5 aromatic carbocycles. The number of anilines is 1. The van der Waals surface area contributed by atoms with Crippen molar-refractivity contribution in [2.75, 3.05) is 23.6 Å². The van der Waals surface area contributed by atoms with Crippen molar-refractivity contribution in [1.82, 2.24) is 15.2 Å². The first-order valence-corrected chi connectivity index (χ1v) is 21.9. The van der Waals surface area contributed by atoms with Crippen LogP contribution >= 0.6 is 34.7 Å². The Kier molecular flexibility index (Phi) is 12.8. The Morgan fingerprint density at radius 1 is 0.852 bits per heavy atom. The van der Waals surface area contributed by atoms with Gasteiger partial charge in [-0.2, -0.15) is 0 Å². The molecule has 2 N–H and O–H groups in total. The Labute approximate surface area is 367 Å². The minimum absolute atomic E-state index is 0.0179. The number of ether oxygens (including phenoxy) is 1. The van der Waals surface area contributed by atoms with Gasteiger partial charge in [0.2, 0.25) is 0 Å². The maximum absolute atomic E-state index is 14.2. The zero-order valence-electron chi connectivity index (χ0n) is 32.7. The number of thiazole rings is 1. The molecular formula is C48H40ClN5O5S2. The molecule has 2 amide bonds. The number of alkyl halides is 1. The predicted molar refractivity (Wildman–Crippen MR) is 241 cm³/mol. The van der Waals surface area contributed by atoms with E-state index in [0.717, 1.165) is 27.8 Å². The Bertz CT molecular complexity index is 2420. The van der Waals surface area contributed by atoms with E-state index >= 15 is 0 Å². The number of esters is 1. The van der Waals surface area contributed by atoms with Gasteiger partial charge in [0.15, 0.2) is 16.9 Å². The molecule has 1 aromatic heterocycles. The molecule has 3 heterocycles. The van der Waals surface area contributed by atoms with Crippen LogP contribution in [0.3, 0.4) is 0 Å². The number of benzene rings is 5. The maximum atomic E-state index is 14.2. The fraction of sp³-hybridized carbons (Fsp3) is 0.146. The summed E-state index contributed by atoms with van der Waals surface area (Å²) in [6.45, 7) is 3.73. The van der Waals surface area contributed by atoms with Crippen molar-refractivity contribution in [3.8, 4) is 0 Å². The zero-order valence-corrected chi connectivity index (χ0v) is 35.1. The number of oxime groups is 1. The van der Waals surface area contributed by atoms with Crippen molar-refractivity contribution in [3.05, 3.63) is 214 Å². The van der Waals surface area contributed by atoms with E-state index < -0.39 is 40.8 Å². The number of hydrogen-bond donors (Lipinski definition) is 2. The van der Waals surface area contributed by atoms with Gasteiger partial charge in [0, 0.05) is 17.0 Å². The third-order valence-electron chi connectivity index (χ3n) is 10.3. The quantitative estimate of drug-likeness (QED) is 0.0145. The number of nitrogens with one attached hydrogen (secondary N) is 2. The van der Waals surface area contributed by atoms with E-state index in [9.17, 15) is 14.4 Å². The molecule has 8 rings (SSSR count). The van der Waals surface area contributed by atoms with E-state index in [0.29, 0.717) is 16.5 Å². The highest BCUT2D eigenvalue weighted by atomic mass is 35.5. The first-order valence-electron chi connectivity index (χ1n) is 19.5. The minimum atomic E-state index is -0.987. The van der Waals surface area contributed by atoms with E-state index in [-0.39, 0.29) is 29.6 Å². The van der Waals surface area contributed by atoms with Gasteiger partial charge in [-0.05, 0) is 33.4 Å². The van der Waals surface area contributed by atoms with E-state index in [1.807, 2.05) is 115 Å². The summed E-state index contributed by atoms with van der Waals surface area (Å²) in [4.78, 5) is 54.1. The Morgan fingerprint density at radius 3 is 1.89 bits per heavy atom. The number of β-lactam (4-membered cyclic amide) rings is 1. The number of carbonyl (C=O) groups excluding carboxylic acids is 3. The van der Waals surface area contributed by atoms with Crippen LogP contribution in [0.4, 0.5) is 5.13 Å². The number of fused-ring (bicyclic) bond motifs is 1. The molecule has 0 spiro atoms. The Balaban J connectivity index is 1.05. The lowest BCUT2D eigenvalue weighted by Gasteiger charge is -2.49. The molecule has 0 aliphatic carbocycles. The van der Waals surface area contributed by atoms with Gasteiger partial charge in [0.25, 0.3) is 11.8 Å². The summed E-state index contributed by atoms with van der Waals surface area (Å²) in [5.74, 6) is -1.47. The lowest BCUT2D eigenvalue weighted by Crippen LogP contribution is -2.71. The monoisotopic (exact) mass is 865 g/mol. The van der Waals surface area contributed by atoms with Crippen LogP contribution in [-0.2, 0) is 29.5 Å². The third-order valence-corrected chi connectivity index (χ3v) is 12.8. The van der Waals surface area contributed by atoms with Gasteiger partial charge < -0.3 is 20.2 Å². The standard InChI is InChI=1S/C48H40ClN5O5S2/c1-2-28-58-53-39(38-31-61-47(50-38)52-48(35-22-12-5-13-23-35,36-24-14-6-15-25-36)37-26-16-7-17-27-37)43(55)51-40-44(56)54-41(34(29-49)30-60-45(40)54)46(57)59-42(32-18-8-3-9-19-32)33-20-10-4-11-21-33/h2-27,31,40,42,45H,1,28-30H2,(H,50,52)(H,51,55)/b53-39+/t40?,45-/m1/s1. The number of amides is 2. The number of carbonyl (C=O) groups is 3. The van der Waals surface area contributed by atoms with Crippen molar-refractivity contribution < 1.29 is 24.0 Å². The molecular weight excluding hydrogens is 826 g/mol. The summed E-state index contributed by atoms with van der Waals surface area (Å²) in [6, 6.07) is 48.1. The molecule has 2 aliphatic rings. The highest BCUT2D eigenvalue weighted by Crippen LogP contribution is 2.43. The summed E-state index contributed by atoms with van der Waals surface area (Å²) < 4.78 is 6.18. The van der Waals surface area contributed by atoms with Crippen molar-refractivity contribution >= 4 is 63.3 Å². The van der Waals surface area contributed by atoms with Crippen LogP contribution in [0.1, 0.15) is 39.6 Å². The zero-order chi connectivity index (χ0) is 42.2. The van der Waals surface area contributed by atoms with Crippen LogP contribution in [0, 0.1) is 0 Å². The number of rotatable bonds is 16. The van der Waals surface area contributed by atoms with Crippen LogP contribution in [0.25, 0.3) is 0 Å². The molecule has 1 unspecified atom stereocenters. The second-order valence-electron chi connectivity index (χ2n) is 14.1. The maximum Gasteiger partial charge on any atom is 0.356 e. The highest BCUT2D eigenvalue weighted by molar-refractivity contribution is 8.00. The second-order valence-corrected chi connectivity index (χ2v) is 16.3.